The molecular weight excluding hydrogens is 301 g/mol. The lowest BCUT2D eigenvalue weighted by Gasteiger charge is -2.24. The van der Waals surface area contributed by atoms with Crippen LogP contribution in [0.3, 0.4) is 0 Å². The van der Waals surface area contributed by atoms with Crippen LogP contribution in [0.4, 0.5) is 4.39 Å². The van der Waals surface area contributed by atoms with E-state index in [9.17, 15) is 14.3 Å². The molecule has 1 aromatic heterocycles. The Balaban J connectivity index is 2.06. The van der Waals surface area contributed by atoms with Crippen molar-refractivity contribution in [1.82, 2.24) is 5.32 Å². The molecule has 0 spiro atoms. The fourth-order valence-corrected chi connectivity index (χ4v) is 3.17. The lowest BCUT2D eigenvalue weighted by Crippen LogP contribution is -2.38. The molecule has 118 valence electrons. The van der Waals surface area contributed by atoms with Gasteiger partial charge in [-0.25, -0.2) is 4.39 Å². The first-order valence-electron chi connectivity index (χ1n) is 7.15. The van der Waals surface area contributed by atoms with E-state index >= 15 is 0 Å². The third-order valence-corrected chi connectivity index (χ3v) is 4.51. The highest BCUT2D eigenvalue weighted by Gasteiger charge is 2.25. The summed E-state index contributed by atoms with van der Waals surface area (Å²) in [5.74, 6) is -0.283. The molecule has 1 aromatic carbocycles. The first kappa shape index (κ1) is 16.6. The van der Waals surface area contributed by atoms with Gasteiger partial charge in [-0.2, -0.15) is 0 Å². The Morgan fingerprint density at radius 3 is 2.55 bits per heavy atom. The second kappa shape index (κ2) is 6.58. The Bertz CT molecular complexity index is 647. The minimum Gasteiger partial charge on any atom is -0.384 e. The highest BCUT2D eigenvalue weighted by atomic mass is 32.1. The zero-order valence-corrected chi connectivity index (χ0v) is 13.7. The standard InChI is InChI=1S/C17H20FNO2S/c1-11(2)14-8-9-22-15(14)16(20)19-10-17(3,21)12-4-6-13(18)7-5-12/h4-9,11,21H,10H2,1-3H3,(H,19,20). The largest absolute Gasteiger partial charge is 0.384 e. The molecule has 1 heterocycles. The van der Waals surface area contributed by atoms with Crippen LogP contribution >= 0.6 is 11.3 Å². The second-order valence-electron chi connectivity index (χ2n) is 5.82. The fraction of sp³-hybridized carbons (Fsp3) is 0.353. The van der Waals surface area contributed by atoms with Gasteiger partial charge in [-0.1, -0.05) is 26.0 Å². The molecule has 1 atom stereocenters. The van der Waals surface area contributed by atoms with Crippen molar-refractivity contribution in [3.8, 4) is 0 Å². The first-order chi connectivity index (χ1) is 10.3. The molecule has 3 nitrogen and oxygen atoms in total. The van der Waals surface area contributed by atoms with Crippen LogP contribution in [0.15, 0.2) is 35.7 Å². The quantitative estimate of drug-likeness (QED) is 0.883. The van der Waals surface area contributed by atoms with Gasteiger partial charge in [-0.3, -0.25) is 4.79 Å². The number of thiophene rings is 1. The molecule has 0 fully saturated rings. The van der Waals surface area contributed by atoms with Crippen LogP contribution in [-0.4, -0.2) is 17.6 Å². The van der Waals surface area contributed by atoms with E-state index in [2.05, 4.69) is 5.32 Å². The summed E-state index contributed by atoms with van der Waals surface area (Å²) in [7, 11) is 0. The van der Waals surface area contributed by atoms with Crippen LogP contribution in [0.25, 0.3) is 0 Å². The molecule has 2 N–H and O–H groups in total. The van der Waals surface area contributed by atoms with Crippen molar-refractivity contribution in [2.24, 2.45) is 0 Å². The van der Waals surface area contributed by atoms with E-state index in [-0.39, 0.29) is 24.2 Å². The van der Waals surface area contributed by atoms with E-state index in [0.29, 0.717) is 10.4 Å². The Morgan fingerprint density at radius 1 is 1.32 bits per heavy atom. The Hall–Kier alpha value is -1.72. The van der Waals surface area contributed by atoms with E-state index in [4.69, 9.17) is 0 Å². The van der Waals surface area contributed by atoms with Crippen molar-refractivity contribution in [2.45, 2.75) is 32.3 Å². The van der Waals surface area contributed by atoms with Gasteiger partial charge in [0.25, 0.3) is 5.91 Å². The summed E-state index contributed by atoms with van der Waals surface area (Å²) in [4.78, 5) is 13.0. The van der Waals surface area contributed by atoms with E-state index < -0.39 is 5.60 Å². The Kier molecular flexibility index (Phi) is 4.98. The predicted molar refractivity (Wildman–Crippen MR) is 86.7 cm³/mol. The van der Waals surface area contributed by atoms with Crippen LogP contribution in [0.1, 0.15) is 47.5 Å². The van der Waals surface area contributed by atoms with Crippen molar-refractivity contribution in [2.75, 3.05) is 6.54 Å². The Labute approximate surface area is 133 Å². The molecule has 0 saturated carbocycles. The minimum atomic E-state index is -1.25. The van der Waals surface area contributed by atoms with Gasteiger partial charge in [-0.05, 0) is 47.5 Å². The van der Waals surface area contributed by atoms with Crippen LogP contribution in [-0.2, 0) is 5.60 Å². The van der Waals surface area contributed by atoms with Crippen molar-refractivity contribution in [3.05, 3.63) is 57.5 Å². The summed E-state index contributed by atoms with van der Waals surface area (Å²) < 4.78 is 12.9. The van der Waals surface area contributed by atoms with Crippen LogP contribution in [0.5, 0.6) is 0 Å². The number of amides is 1. The maximum Gasteiger partial charge on any atom is 0.261 e. The predicted octanol–water partition coefficient (Wildman–Crippen LogP) is 3.65. The van der Waals surface area contributed by atoms with Gasteiger partial charge in [0.05, 0.1) is 11.4 Å². The number of hydrogen-bond acceptors (Lipinski definition) is 3. The maximum atomic E-state index is 12.9. The van der Waals surface area contributed by atoms with Crippen molar-refractivity contribution in [1.29, 1.82) is 0 Å². The first-order valence-corrected chi connectivity index (χ1v) is 8.03. The van der Waals surface area contributed by atoms with Crippen LogP contribution in [0.2, 0.25) is 0 Å². The average molecular weight is 321 g/mol. The summed E-state index contributed by atoms with van der Waals surface area (Å²) in [5, 5.41) is 15.1. The molecule has 0 aliphatic carbocycles. The maximum absolute atomic E-state index is 12.9. The molecule has 1 amide bonds. The molecule has 0 bridgehead atoms. The number of nitrogens with one attached hydrogen (secondary N) is 1. The lowest BCUT2D eigenvalue weighted by atomic mass is 9.96. The number of halogens is 1. The second-order valence-corrected chi connectivity index (χ2v) is 6.74. The van der Waals surface area contributed by atoms with Gasteiger partial charge in [0.1, 0.15) is 11.4 Å². The van der Waals surface area contributed by atoms with Gasteiger partial charge in [0, 0.05) is 0 Å². The summed E-state index contributed by atoms with van der Waals surface area (Å²) in [6.45, 7) is 5.73. The van der Waals surface area contributed by atoms with E-state index in [1.807, 2.05) is 25.3 Å². The molecule has 0 saturated heterocycles. The van der Waals surface area contributed by atoms with Gasteiger partial charge >= 0.3 is 0 Å². The molecule has 0 radical (unpaired) electrons. The van der Waals surface area contributed by atoms with Gasteiger partial charge in [0.2, 0.25) is 0 Å². The van der Waals surface area contributed by atoms with Crippen molar-refractivity contribution in [3.63, 3.8) is 0 Å². The molecule has 5 heteroatoms. The third-order valence-electron chi connectivity index (χ3n) is 3.58. The number of hydrogen-bond donors (Lipinski definition) is 2. The van der Waals surface area contributed by atoms with E-state index in [0.717, 1.165) is 5.56 Å². The molecule has 0 aliphatic rings. The van der Waals surface area contributed by atoms with Gasteiger partial charge in [-0.15, -0.1) is 11.3 Å². The number of carbonyl (C=O) groups is 1. The van der Waals surface area contributed by atoms with E-state index in [1.165, 1.54) is 35.6 Å². The highest BCUT2D eigenvalue weighted by molar-refractivity contribution is 7.12. The molecule has 22 heavy (non-hydrogen) atoms. The highest BCUT2D eigenvalue weighted by Crippen LogP contribution is 2.25. The fourth-order valence-electron chi connectivity index (χ4n) is 2.20. The number of benzene rings is 1. The number of aliphatic hydroxyl groups is 1. The lowest BCUT2D eigenvalue weighted by molar-refractivity contribution is 0.0526. The zero-order valence-electron chi connectivity index (χ0n) is 12.9. The summed E-state index contributed by atoms with van der Waals surface area (Å²) >= 11 is 1.39. The normalized spacial score (nSPS) is 13.9. The summed E-state index contributed by atoms with van der Waals surface area (Å²) in [6.07, 6.45) is 0. The topological polar surface area (TPSA) is 49.3 Å². The number of carbonyl (C=O) groups excluding carboxylic acids is 1. The molecule has 2 aromatic rings. The minimum absolute atomic E-state index is 0.0624. The zero-order chi connectivity index (χ0) is 16.3. The summed E-state index contributed by atoms with van der Waals surface area (Å²) in [5.41, 5.74) is 0.312. The Morgan fingerprint density at radius 2 is 1.95 bits per heavy atom. The molecule has 0 aliphatic heterocycles. The smallest absolute Gasteiger partial charge is 0.261 e. The van der Waals surface area contributed by atoms with E-state index in [1.54, 1.807) is 6.92 Å². The molecular formula is C17H20FNO2S. The summed E-state index contributed by atoms with van der Waals surface area (Å²) in [6, 6.07) is 7.57. The van der Waals surface area contributed by atoms with Gasteiger partial charge < -0.3 is 10.4 Å². The third kappa shape index (κ3) is 3.72. The SMILES string of the molecule is CC(C)c1ccsc1C(=O)NCC(C)(O)c1ccc(F)cc1. The average Bonchev–Trinajstić information content (AvgIpc) is 2.95. The van der Waals surface area contributed by atoms with Crippen molar-refractivity contribution < 1.29 is 14.3 Å². The number of rotatable bonds is 5. The van der Waals surface area contributed by atoms with Crippen molar-refractivity contribution >= 4 is 17.2 Å². The monoisotopic (exact) mass is 321 g/mol. The van der Waals surface area contributed by atoms with Crippen LogP contribution < -0.4 is 5.32 Å². The van der Waals surface area contributed by atoms with Gasteiger partial charge in [0.15, 0.2) is 0 Å². The van der Waals surface area contributed by atoms with Crippen LogP contribution in [0, 0.1) is 5.82 Å². The molecule has 2 rings (SSSR count). The molecule has 1 unspecified atom stereocenters.